The summed E-state index contributed by atoms with van der Waals surface area (Å²) < 4.78 is 7.14. The van der Waals surface area contributed by atoms with E-state index in [9.17, 15) is 9.59 Å². The molecular formula is C23H18Cl2N4O3. The minimum absolute atomic E-state index is 0.0808. The third-order valence-corrected chi connectivity index (χ3v) is 5.17. The van der Waals surface area contributed by atoms with E-state index in [4.69, 9.17) is 27.9 Å². The predicted octanol–water partition coefficient (Wildman–Crippen LogP) is 4.12. The van der Waals surface area contributed by atoms with Crippen molar-refractivity contribution in [1.29, 1.82) is 0 Å². The Balaban J connectivity index is 1.49. The van der Waals surface area contributed by atoms with Gasteiger partial charge < -0.3 is 14.5 Å². The molecule has 1 atom stereocenters. The number of ether oxygens (including phenoxy) is 1. The third kappa shape index (κ3) is 5.25. The number of halogens is 2. The normalized spacial score (nSPS) is 11.8. The molecule has 1 unspecified atom stereocenters. The number of esters is 1. The second-order valence-electron chi connectivity index (χ2n) is 7.03. The molecule has 162 valence electrons. The van der Waals surface area contributed by atoms with Gasteiger partial charge in [0.1, 0.15) is 12.6 Å². The summed E-state index contributed by atoms with van der Waals surface area (Å²) >= 11 is 12.2. The maximum Gasteiger partial charge on any atom is 0.329 e. The van der Waals surface area contributed by atoms with Crippen LogP contribution in [0.3, 0.4) is 0 Å². The van der Waals surface area contributed by atoms with E-state index in [1.165, 1.54) is 6.20 Å². The van der Waals surface area contributed by atoms with E-state index >= 15 is 0 Å². The average molecular weight is 469 g/mol. The molecule has 4 aromatic rings. The number of rotatable bonds is 7. The summed E-state index contributed by atoms with van der Waals surface area (Å²) in [6, 6.07) is 13.4. The zero-order chi connectivity index (χ0) is 22.5. The molecule has 0 saturated heterocycles. The number of imidazole rings is 1. The lowest BCUT2D eigenvalue weighted by Gasteiger charge is -2.17. The van der Waals surface area contributed by atoms with Crippen LogP contribution in [0.1, 0.15) is 21.6 Å². The van der Waals surface area contributed by atoms with Crippen LogP contribution in [0.4, 0.5) is 0 Å². The van der Waals surface area contributed by atoms with Gasteiger partial charge in [0.25, 0.3) is 5.91 Å². The van der Waals surface area contributed by atoms with Gasteiger partial charge in [0, 0.05) is 31.2 Å². The van der Waals surface area contributed by atoms with E-state index in [2.05, 4.69) is 15.3 Å². The molecule has 0 bridgehead atoms. The molecule has 7 nitrogen and oxygen atoms in total. The van der Waals surface area contributed by atoms with Crippen molar-refractivity contribution >= 4 is 40.7 Å². The SMILES string of the molecule is O=C(NC(Cc1ccccc1)C(=O)OCc1cn2cc(Cl)cc(Cl)c2n1)c1cccnc1. The lowest BCUT2D eigenvalue weighted by Crippen LogP contribution is -2.43. The molecule has 1 N–H and O–H groups in total. The second kappa shape index (κ2) is 9.80. The van der Waals surface area contributed by atoms with Gasteiger partial charge in [-0.15, -0.1) is 0 Å². The van der Waals surface area contributed by atoms with Gasteiger partial charge in [-0.2, -0.15) is 0 Å². The smallest absolute Gasteiger partial charge is 0.329 e. The van der Waals surface area contributed by atoms with Crippen LogP contribution in [0.5, 0.6) is 0 Å². The van der Waals surface area contributed by atoms with Crippen molar-refractivity contribution in [3.05, 3.63) is 100 Å². The van der Waals surface area contributed by atoms with Crippen LogP contribution < -0.4 is 5.32 Å². The summed E-state index contributed by atoms with van der Waals surface area (Å²) in [6.45, 7) is -0.0808. The van der Waals surface area contributed by atoms with Gasteiger partial charge in [-0.1, -0.05) is 53.5 Å². The van der Waals surface area contributed by atoms with Crippen molar-refractivity contribution in [1.82, 2.24) is 19.7 Å². The Bertz CT molecular complexity index is 1250. The number of pyridine rings is 2. The maximum atomic E-state index is 12.9. The van der Waals surface area contributed by atoms with Gasteiger partial charge in [-0.3, -0.25) is 9.78 Å². The average Bonchev–Trinajstić information content (AvgIpc) is 3.21. The molecule has 1 aromatic carbocycles. The van der Waals surface area contributed by atoms with Gasteiger partial charge in [0.2, 0.25) is 0 Å². The number of nitrogens with one attached hydrogen (secondary N) is 1. The Morgan fingerprint density at radius 2 is 1.91 bits per heavy atom. The Morgan fingerprint density at radius 1 is 1.09 bits per heavy atom. The van der Waals surface area contributed by atoms with E-state index < -0.39 is 17.9 Å². The third-order valence-electron chi connectivity index (χ3n) is 4.68. The molecule has 0 aliphatic carbocycles. The summed E-state index contributed by atoms with van der Waals surface area (Å²) in [5, 5.41) is 3.60. The predicted molar refractivity (Wildman–Crippen MR) is 121 cm³/mol. The van der Waals surface area contributed by atoms with Crippen molar-refractivity contribution < 1.29 is 14.3 Å². The molecule has 0 spiro atoms. The van der Waals surface area contributed by atoms with E-state index in [1.807, 2.05) is 30.3 Å². The molecule has 3 heterocycles. The molecule has 3 aromatic heterocycles. The topological polar surface area (TPSA) is 85.6 Å². The minimum Gasteiger partial charge on any atom is -0.458 e. The Morgan fingerprint density at radius 3 is 2.66 bits per heavy atom. The summed E-state index contributed by atoms with van der Waals surface area (Å²) in [5.41, 5.74) is 2.24. The number of benzene rings is 1. The van der Waals surface area contributed by atoms with Crippen molar-refractivity contribution in [2.45, 2.75) is 19.1 Å². The van der Waals surface area contributed by atoms with E-state index in [-0.39, 0.29) is 13.0 Å². The number of carbonyl (C=O) groups excluding carboxylic acids is 2. The molecule has 0 aliphatic rings. The maximum absolute atomic E-state index is 12.9. The summed E-state index contributed by atoms with van der Waals surface area (Å²) in [5.74, 6) is -0.989. The first-order valence-electron chi connectivity index (χ1n) is 9.73. The van der Waals surface area contributed by atoms with E-state index in [0.29, 0.717) is 26.9 Å². The van der Waals surface area contributed by atoms with Crippen LogP contribution in [0.2, 0.25) is 10.0 Å². The van der Waals surface area contributed by atoms with Crippen molar-refractivity contribution in [3.8, 4) is 0 Å². The standard InChI is InChI=1S/C23H18Cl2N4O3/c24-17-10-19(25)21-27-18(13-29(21)12-17)14-32-23(31)20(9-15-5-2-1-3-6-15)28-22(30)16-7-4-8-26-11-16/h1-8,10-13,20H,9,14H2,(H,28,30). The molecule has 4 rings (SSSR count). The number of nitrogens with zero attached hydrogens (tertiary/aromatic N) is 3. The number of amides is 1. The highest BCUT2D eigenvalue weighted by molar-refractivity contribution is 6.36. The number of hydrogen-bond acceptors (Lipinski definition) is 5. The van der Waals surface area contributed by atoms with Crippen LogP contribution in [0.15, 0.2) is 73.3 Å². The highest BCUT2D eigenvalue weighted by atomic mass is 35.5. The largest absolute Gasteiger partial charge is 0.458 e. The highest BCUT2D eigenvalue weighted by Gasteiger charge is 2.24. The van der Waals surface area contributed by atoms with Gasteiger partial charge >= 0.3 is 5.97 Å². The zero-order valence-corrected chi connectivity index (χ0v) is 18.3. The Labute approximate surface area is 194 Å². The van der Waals surface area contributed by atoms with Crippen molar-refractivity contribution in [2.24, 2.45) is 0 Å². The first-order chi connectivity index (χ1) is 15.5. The second-order valence-corrected chi connectivity index (χ2v) is 7.88. The summed E-state index contributed by atoms with van der Waals surface area (Å²) in [6.07, 6.45) is 6.62. The fourth-order valence-corrected chi connectivity index (χ4v) is 3.70. The Hall–Kier alpha value is -3.42. The molecule has 0 fully saturated rings. The van der Waals surface area contributed by atoms with Crippen molar-refractivity contribution in [3.63, 3.8) is 0 Å². The lowest BCUT2D eigenvalue weighted by molar-refractivity contribution is -0.147. The van der Waals surface area contributed by atoms with Crippen LogP contribution in [-0.2, 0) is 22.6 Å². The number of hydrogen-bond donors (Lipinski definition) is 1. The molecule has 1 amide bonds. The lowest BCUT2D eigenvalue weighted by atomic mass is 10.1. The van der Waals surface area contributed by atoms with Crippen molar-refractivity contribution in [2.75, 3.05) is 0 Å². The quantitative estimate of drug-likeness (QED) is 0.412. The fraction of sp³-hybridized carbons (Fsp3) is 0.130. The highest BCUT2D eigenvalue weighted by Crippen LogP contribution is 2.22. The van der Waals surface area contributed by atoms with Crippen LogP contribution >= 0.6 is 23.2 Å². The number of fused-ring (bicyclic) bond motifs is 1. The summed E-state index contributed by atoms with van der Waals surface area (Å²) in [4.78, 5) is 33.8. The van der Waals surface area contributed by atoms with Crippen LogP contribution in [0, 0.1) is 0 Å². The monoisotopic (exact) mass is 468 g/mol. The number of aromatic nitrogens is 3. The van der Waals surface area contributed by atoms with Gasteiger partial charge in [0.05, 0.1) is 21.3 Å². The number of carbonyl (C=O) groups is 2. The van der Waals surface area contributed by atoms with E-state index in [0.717, 1.165) is 5.56 Å². The van der Waals surface area contributed by atoms with Gasteiger partial charge in [0.15, 0.2) is 5.65 Å². The van der Waals surface area contributed by atoms with Gasteiger partial charge in [-0.05, 0) is 23.8 Å². The summed E-state index contributed by atoms with van der Waals surface area (Å²) in [7, 11) is 0. The Kier molecular flexibility index (Phi) is 6.68. The molecular weight excluding hydrogens is 451 g/mol. The molecule has 9 heteroatoms. The van der Waals surface area contributed by atoms with E-state index in [1.54, 1.807) is 41.2 Å². The molecule has 0 saturated carbocycles. The fourth-order valence-electron chi connectivity index (χ4n) is 3.17. The van der Waals surface area contributed by atoms with Gasteiger partial charge in [-0.25, -0.2) is 9.78 Å². The molecule has 0 aliphatic heterocycles. The molecule has 32 heavy (non-hydrogen) atoms. The van der Waals surface area contributed by atoms with Crippen LogP contribution in [0.25, 0.3) is 5.65 Å². The first-order valence-corrected chi connectivity index (χ1v) is 10.5. The van der Waals surface area contributed by atoms with Crippen LogP contribution in [-0.4, -0.2) is 32.3 Å². The zero-order valence-electron chi connectivity index (χ0n) is 16.7. The first kappa shape index (κ1) is 21.8. The molecule has 0 radical (unpaired) electrons. The minimum atomic E-state index is -0.889.